The van der Waals surface area contributed by atoms with Crippen molar-refractivity contribution >= 4 is 5.97 Å². The second-order valence-electron chi connectivity index (χ2n) is 11.9. The Kier molecular flexibility index (Phi) is 10.0. The summed E-state index contributed by atoms with van der Waals surface area (Å²) < 4.78 is 6.21. The van der Waals surface area contributed by atoms with E-state index in [0.29, 0.717) is 11.7 Å². The first-order valence-corrected chi connectivity index (χ1v) is 13.5. The van der Waals surface area contributed by atoms with Crippen LogP contribution in [0.15, 0.2) is 48.5 Å². The van der Waals surface area contributed by atoms with Gasteiger partial charge in [0.2, 0.25) is 0 Å². The molecule has 3 rings (SSSR count). The second-order valence-corrected chi connectivity index (χ2v) is 11.9. The zero-order valence-electron chi connectivity index (χ0n) is 23.4. The predicted octanol–water partition coefficient (Wildman–Crippen LogP) is 9.03. The molecule has 0 spiro atoms. The average Bonchev–Trinajstić information content (AvgIpc) is 2.84. The van der Waals surface area contributed by atoms with Gasteiger partial charge >= 0.3 is 5.97 Å². The molecule has 0 amide bonds. The summed E-state index contributed by atoms with van der Waals surface area (Å²) in [6.07, 6.45) is 7.30. The maximum Gasteiger partial charge on any atom is 0.312 e. The fraction of sp³-hybridized carbons (Fsp3) is 0.594. The Morgan fingerprint density at radius 2 is 1.46 bits per heavy atom. The van der Waals surface area contributed by atoms with Crippen LogP contribution in [-0.2, 0) is 20.5 Å². The van der Waals surface area contributed by atoms with Gasteiger partial charge in [-0.05, 0) is 92.5 Å². The molecule has 1 N–H and O–H groups in total. The van der Waals surface area contributed by atoms with Gasteiger partial charge in [0.25, 0.3) is 0 Å². The predicted molar refractivity (Wildman–Crippen MR) is 147 cm³/mol. The number of hydrogen-bond donors (Lipinski definition) is 1. The highest BCUT2D eigenvalue weighted by molar-refractivity contribution is 5.76. The van der Waals surface area contributed by atoms with Crippen molar-refractivity contribution < 1.29 is 14.6 Å². The molecule has 3 nitrogen and oxygen atoms in total. The monoisotopic (exact) mass is 480 g/mol. The van der Waals surface area contributed by atoms with Crippen molar-refractivity contribution in [2.24, 2.45) is 5.41 Å². The Morgan fingerprint density at radius 1 is 0.914 bits per heavy atom. The Hall–Kier alpha value is -2.29. The van der Waals surface area contributed by atoms with E-state index >= 15 is 0 Å². The topological polar surface area (TPSA) is 46.5 Å². The summed E-state index contributed by atoms with van der Waals surface area (Å²) in [5.41, 5.74) is 3.06. The molecule has 1 unspecified atom stereocenters. The van der Waals surface area contributed by atoms with Gasteiger partial charge in [0.15, 0.2) is 0 Å². The summed E-state index contributed by atoms with van der Waals surface area (Å²) in [5, 5.41) is 9.01. The molecule has 1 aliphatic carbocycles. The molecule has 0 bridgehead atoms. The lowest BCUT2D eigenvalue weighted by Crippen LogP contribution is -2.39. The molecule has 2 aromatic carbocycles. The lowest BCUT2D eigenvalue weighted by Gasteiger charge is -2.39. The van der Waals surface area contributed by atoms with Crippen LogP contribution in [0.2, 0.25) is 0 Å². The Bertz CT molecular complexity index is 911. The van der Waals surface area contributed by atoms with Gasteiger partial charge in [-0.15, -0.1) is 0 Å². The summed E-state index contributed by atoms with van der Waals surface area (Å²) in [7, 11) is 0. The average molecular weight is 481 g/mol. The van der Waals surface area contributed by atoms with E-state index < -0.39 is 11.0 Å². The first-order chi connectivity index (χ1) is 16.3. The molecule has 0 aromatic heterocycles. The fourth-order valence-corrected chi connectivity index (χ4v) is 4.35. The third-order valence-corrected chi connectivity index (χ3v) is 7.74. The zero-order chi connectivity index (χ0) is 26.3. The summed E-state index contributed by atoms with van der Waals surface area (Å²) in [4.78, 5) is 12.7. The highest BCUT2D eigenvalue weighted by atomic mass is 16.6. The summed E-state index contributed by atoms with van der Waals surface area (Å²) in [6.45, 7) is 17.0. The molecule has 3 heteroatoms. The SMILES string of the molecule is CCC(C)(C)C(=O)OC1(c2ccc(C(C)(C)C)cc2)CCCCC1.CCC(C)c1ccc(O)cc1. The number of benzene rings is 2. The van der Waals surface area contributed by atoms with E-state index in [2.05, 4.69) is 58.9 Å². The van der Waals surface area contributed by atoms with E-state index in [-0.39, 0.29) is 11.4 Å². The van der Waals surface area contributed by atoms with Gasteiger partial charge in [-0.1, -0.05) is 84.4 Å². The maximum absolute atomic E-state index is 12.7. The van der Waals surface area contributed by atoms with E-state index in [4.69, 9.17) is 9.84 Å². The second kappa shape index (κ2) is 12.1. The Balaban J connectivity index is 0.000000328. The quantitative estimate of drug-likeness (QED) is 0.419. The van der Waals surface area contributed by atoms with Crippen molar-refractivity contribution in [3.63, 3.8) is 0 Å². The highest BCUT2D eigenvalue weighted by Gasteiger charge is 2.41. The van der Waals surface area contributed by atoms with Crippen molar-refractivity contribution in [2.45, 2.75) is 117 Å². The molecule has 0 radical (unpaired) electrons. The number of aromatic hydroxyl groups is 1. The number of phenols is 1. The standard InChI is InChI=1S/C22H34O2.C10H14O/c1-7-21(5,6)19(23)24-22(15-9-8-10-16-22)18-13-11-17(12-14-18)20(2,3)4;1-3-8(2)9-4-6-10(11)7-5-9/h11-14H,7-10,15-16H2,1-6H3;4-8,11H,3H2,1-2H3. The minimum Gasteiger partial charge on any atom is -0.508 e. The van der Waals surface area contributed by atoms with Crippen molar-refractivity contribution in [3.8, 4) is 5.75 Å². The van der Waals surface area contributed by atoms with Crippen LogP contribution in [0.3, 0.4) is 0 Å². The minimum atomic E-state index is -0.432. The van der Waals surface area contributed by atoms with Gasteiger partial charge < -0.3 is 9.84 Å². The van der Waals surface area contributed by atoms with Crippen molar-refractivity contribution in [1.29, 1.82) is 0 Å². The fourth-order valence-electron chi connectivity index (χ4n) is 4.35. The third kappa shape index (κ3) is 7.85. The van der Waals surface area contributed by atoms with Crippen LogP contribution in [0.4, 0.5) is 0 Å². The Morgan fingerprint density at radius 3 is 1.91 bits per heavy atom. The molecule has 2 aromatic rings. The minimum absolute atomic E-state index is 0.0632. The van der Waals surface area contributed by atoms with E-state index in [9.17, 15) is 4.79 Å². The van der Waals surface area contributed by atoms with Gasteiger partial charge in [-0.2, -0.15) is 0 Å². The summed E-state index contributed by atoms with van der Waals surface area (Å²) in [6, 6.07) is 16.2. The molecule has 1 atom stereocenters. The van der Waals surface area contributed by atoms with E-state index in [1.165, 1.54) is 17.5 Å². The number of hydrogen-bond acceptors (Lipinski definition) is 3. The third-order valence-electron chi connectivity index (χ3n) is 7.74. The first kappa shape index (κ1) is 28.9. The molecule has 0 saturated heterocycles. The molecule has 35 heavy (non-hydrogen) atoms. The molecule has 0 aliphatic heterocycles. The smallest absolute Gasteiger partial charge is 0.312 e. The van der Waals surface area contributed by atoms with Crippen LogP contribution in [-0.4, -0.2) is 11.1 Å². The van der Waals surface area contributed by atoms with Crippen molar-refractivity contribution in [2.75, 3.05) is 0 Å². The van der Waals surface area contributed by atoms with Crippen LogP contribution in [0.5, 0.6) is 5.75 Å². The number of ether oxygens (including phenoxy) is 1. The van der Waals surface area contributed by atoms with Crippen LogP contribution in [0.1, 0.15) is 123 Å². The van der Waals surface area contributed by atoms with E-state index in [1.54, 1.807) is 12.1 Å². The molecular weight excluding hydrogens is 432 g/mol. The van der Waals surface area contributed by atoms with Crippen molar-refractivity contribution in [1.82, 2.24) is 0 Å². The van der Waals surface area contributed by atoms with Crippen LogP contribution < -0.4 is 0 Å². The number of carbonyl (C=O) groups is 1. The molecule has 1 saturated carbocycles. The highest BCUT2D eigenvalue weighted by Crippen LogP contribution is 2.43. The van der Waals surface area contributed by atoms with E-state index in [0.717, 1.165) is 44.1 Å². The van der Waals surface area contributed by atoms with Gasteiger partial charge in [0.05, 0.1) is 5.41 Å². The molecule has 194 valence electrons. The zero-order valence-corrected chi connectivity index (χ0v) is 23.4. The Labute approximate surface area is 214 Å². The summed E-state index contributed by atoms with van der Waals surface area (Å²) >= 11 is 0. The van der Waals surface area contributed by atoms with Gasteiger partial charge in [-0.3, -0.25) is 4.79 Å². The van der Waals surface area contributed by atoms with Crippen molar-refractivity contribution in [3.05, 3.63) is 65.2 Å². The van der Waals surface area contributed by atoms with E-state index in [1.807, 2.05) is 32.9 Å². The summed E-state index contributed by atoms with van der Waals surface area (Å²) in [5.74, 6) is 0.874. The lowest BCUT2D eigenvalue weighted by molar-refractivity contribution is -0.176. The van der Waals surface area contributed by atoms with Gasteiger partial charge in [0.1, 0.15) is 11.4 Å². The number of carbonyl (C=O) groups excluding carboxylic acids is 1. The molecule has 1 fully saturated rings. The lowest BCUT2D eigenvalue weighted by atomic mass is 9.77. The number of esters is 1. The van der Waals surface area contributed by atoms with Gasteiger partial charge in [-0.25, -0.2) is 0 Å². The van der Waals surface area contributed by atoms with Crippen LogP contribution in [0, 0.1) is 5.41 Å². The number of phenolic OH excluding ortho intramolecular Hbond substituents is 1. The largest absolute Gasteiger partial charge is 0.508 e. The first-order valence-electron chi connectivity index (χ1n) is 13.5. The van der Waals surface area contributed by atoms with Crippen LogP contribution >= 0.6 is 0 Å². The normalized spacial score (nSPS) is 16.6. The maximum atomic E-state index is 12.7. The van der Waals surface area contributed by atoms with Gasteiger partial charge in [0, 0.05) is 0 Å². The molecule has 1 aliphatic rings. The molecular formula is C32H48O3. The molecule has 0 heterocycles. The van der Waals surface area contributed by atoms with Crippen LogP contribution in [0.25, 0.3) is 0 Å². The number of rotatable bonds is 6.